The summed E-state index contributed by atoms with van der Waals surface area (Å²) in [4.78, 5) is 15.1. The van der Waals surface area contributed by atoms with Crippen LogP contribution in [0.15, 0.2) is 53.5 Å². The summed E-state index contributed by atoms with van der Waals surface area (Å²) in [5.74, 6) is -0.655. The van der Waals surface area contributed by atoms with Crippen molar-refractivity contribution < 1.29 is 9.90 Å². The first-order valence-electron chi connectivity index (χ1n) is 6.80. The number of aliphatic imine (C=N–C) groups is 1. The molecule has 0 atom stereocenters. The Morgan fingerprint density at radius 1 is 1.09 bits per heavy atom. The van der Waals surface area contributed by atoms with Crippen LogP contribution in [0.25, 0.3) is 0 Å². The molecule has 0 aliphatic carbocycles. The van der Waals surface area contributed by atoms with Crippen molar-refractivity contribution >= 4 is 40.8 Å². The summed E-state index contributed by atoms with van der Waals surface area (Å²) in [7, 11) is 0. The van der Waals surface area contributed by atoms with Crippen molar-refractivity contribution in [3.63, 3.8) is 0 Å². The Kier molecular flexibility index (Phi) is 6.26. The van der Waals surface area contributed by atoms with Gasteiger partial charge in [-0.2, -0.15) is 0 Å². The van der Waals surface area contributed by atoms with E-state index in [9.17, 15) is 4.79 Å². The molecule has 0 heterocycles. The molecular formula is C16H15Cl2N3O2. The third-order valence-electron chi connectivity index (χ3n) is 2.79. The van der Waals surface area contributed by atoms with Crippen molar-refractivity contribution in [1.82, 2.24) is 5.32 Å². The van der Waals surface area contributed by atoms with Gasteiger partial charge in [0.25, 0.3) is 0 Å². The normalized spacial score (nSPS) is 11.1. The first-order valence-corrected chi connectivity index (χ1v) is 7.55. The zero-order chi connectivity index (χ0) is 16.7. The Morgan fingerprint density at radius 2 is 1.74 bits per heavy atom. The molecule has 120 valence electrons. The van der Waals surface area contributed by atoms with Gasteiger partial charge in [0.05, 0.1) is 6.54 Å². The highest BCUT2D eigenvalue weighted by atomic mass is 35.5. The largest absolute Gasteiger partial charge is 0.480 e. The summed E-state index contributed by atoms with van der Waals surface area (Å²) < 4.78 is 0. The molecule has 0 aliphatic rings. The summed E-state index contributed by atoms with van der Waals surface area (Å²) in [6.07, 6.45) is 0. The Morgan fingerprint density at radius 3 is 2.35 bits per heavy atom. The molecule has 2 aromatic carbocycles. The van der Waals surface area contributed by atoms with Crippen molar-refractivity contribution in [1.29, 1.82) is 0 Å². The molecule has 7 heteroatoms. The van der Waals surface area contributed by atoms with Gasteiger partial charge in [0.2, 0.25) is 0 Å². The van der Waals surface area contributed by atoms with E-state index in [0.29, 0.717) is 28.2 Å². The third-order valence-corrected chi connectivity index (χ3v) is 3.23. The lowest BCUT2D eigenvalue weighted by Gasteiger charge is -2.12. The van der Waals surface area contributed by atoms with Crippen LogP contribution in [0, 0.1) is 0 Å². The molecule has 0 radical (unpaired) electrons. The lowest BCUT2D eigenvalue weighted by atomic mass is 10.2. The quantitative estimate of drug-likeness (QED) is 0.567. The van der Waals surface area contributed by atoms with E-state index in [1.165, 1.54) is 0 Å². The number of hydrogen-bond acceptors (Lipinski definition) is 2. The molecule has 0 saturated carbocycles. The molecule has 23 heavy (non-hydrogen) atoms. The summed E-state index contributed by atoms with van der Waals surface area (Å²) in [5.41, 5.74) is 1.63. The fourth-order valence-corrected chi connectivity index (χ4v) is 2.34. The maximum absolute atomic E-state index is 10.8. The Balaban J connectivity index is 2.14. The fraction of sp³-hybridized carbons (Fsp3) is 0.125. The molecule has 2 rings (SSSR count). The van der Waals surface area contributed by atoms with Gasteiger partial charge in [-0.25, -0.2) is 4.99 Å². The molecule has 5 nitrogen and oxygen atoms in total. The summed E-state index contributed by atoms with van der Waals surface area (Å²) >= 11 is 11.9. The maximum atomic E-state index is 10.8. The maximum Gasteiger partial charge on any atom is 0.322 e. The van der Waals surface area contributed by atoms with Crippen molar-refractivity contribution in [2.45, 2.75) is 6.54 Å². The number of aliphatic carboxylic acids is 1. The molecule has 0 bridgehead atoms. The minimum absolute atomic E-state index is 0.255. The minimum atomic E-state index is -0.983. The van der Waals surface area contributed by atoms with E-state index < -0.39 is 5.97 Å². The van der Waals surface area contributed by atoms with Crippen LogP contribution in [0.4, 0.5) is 5.69 Å². The van der Waals surface area contributed by atoms with Crippen molar-refractivity contribution in [3.8, 4) is 0 Å². The molecule has 0 spiro atoms. The monoisotopic (exact) mass is 351 g/mol. The van der Waals surface area contributed by atoms with Gasteiger partial charge in [0.15, 0.2) is 5.96 Å². The lowest BCUT2D eigenvalue weighted by molar-refractivity contribution is -0.135. The first kappa shape index (κ1) is 17.1. The molecule has 3 N–H and O–H groups in total. The number of nitrogens with one attached hydrogen (secondary N) is 2. The topological polar surface area (TPSA) is 73.7 Å². The number of carboxylic acids is 1. The summed E-state index contributed by atoms with van der Waals surface area (Å²) in [6, 6.07) is 14.6. The van der Waals surface area contributed by atoms with E-state index in [1.807, 2.05) is 30.3 Å². The van der Waals surface area contributed by atoms with Gasteiger partial charge in [-0.15, -0.1) is 0 Å². The average Bonchev–Trinajstić information content (AvgIpc) is 2.50. The van der Waals surface area contributed by atoms with Crippen LogP contribution in [-0.2, 0) is 11.3 Å². The fourth-order valence-electron chi connectivity index (χ4n) is 1.82. The van der Waals surface area contributed by atoms with E-state index in [4.69, 9.17) is 28.3 Å². The molecule has 0 amide bonds. The molecule has 0 unspecified atom stereocenters. The number of guanidine groups is 1. The van der Waals surface area contributed by atoms with E-state index in [2.05, 4.69) is 15.6 Å². The number of halogens is 2. The van der Waals surface area contributed by atoms with Crippen LogP contribution in [0.2, 0.25) is 10.0 Å². The molecular weight excluding hydrogens is 337 g/mol. The van der Waals surface area contributed by atoms with E-state index >= 15 is 0 Å². The van der Waals surface area contributed by atoms with Gasteiger partial charge in [-0.1, -0.05) is 53.5 Å². The Hall–Kier alpha value is -2.24. The van der Waals surface area contributed by atoms with Gasteiger partial charge >= 0.3 is 5.97 Å². The zero-order valence-electron chi connectivity index (χ0n) is 12.1. The van der Waals surface area contributed by atoms with E-state index in [0.717, 1.165) is 5.56 Å². The van der Waals surface area contributed by atoms with Gasteiger partial charge in [0, 0.05) is 15.7 Å². The van der Waals surface area contributed by atoms with Gasteiger partial charge in [-0.05, 0) is 23.8 Å². The number of hydrogen-bond donors (Lipinski definition) is 3. The third kappa shape index (κ3) is 6.18. The van der Waals surface area contributed by atoms with Crippen LogP contribution in [-0.4, -0.2) is 23.6 Å². The molecule has 0 fully saturated rings. The molecule has 2 aromatic rings. The van der Waals surface area contributed by atoms with Crippen LogP contribution in [0.3, 0.4) is 0 Å². The lowest BCUT2D eigenvalue weighted by Crippen LogP contribution is -2.35. The second-order valence-corrected chi connectivity index (χ2v) is 5.55. The minimum Gasteiger partial charge on any atom is -0.480 e. The molecule has 0 aliphatic heterocycles. The zero-order valence-corrected chi connectivity index (χ0v) is 13.6. The van der Waals surface area contributed by atoms with Crippen LogP contribution < -0.4 is 10.6 Å². The van der Waals surface area contributed by atoms with Crippen LogP contribution in [0.5, 0.6) is 0 Å². The highest BCUT2D eigenvalue weighted by molar-refractivity contribution is 6.35. The number of carbonyl (C=O) groups is 1. The highest BCUT2D eigenvalue weighted by Crippen LogP contribution is 2.22. The highest BCUT2D eigenvalue weighted by Gasteiger charge is 2.05. The number of rotatable bonds is 5. The van der Waals surface area contributed by atoms with Gasteiger partial charge in [-0.3, -0.25) is 4.79 Å². The Bertz CT molecular complexity index is 685. The van der Waals surface area contributed by atoms with Crippen LogP contribution in [0.1, 0.15) is 5.56 Å². The van der Waals surface area contributed by atoms with Crippen molar-refractivity contribution in [2.75, 3.05) is 11.9 Å². The van der Waals surface area contributed by atoms with E-state index in [-0.39, 0.29) is 6.54 Å². The van der Waals surface area contributed by atoms with Crippen molar-refractivity contribution in [2.24, 2.45) is 4.99 Å². The molecule has 0 aromatic heterocycles. The first-order chi connectivity index (χ1) is 11.0. The molecule has 0 saturated heterocycles. The number of anilines is 1. The van der Waals surface area contributed by atoms with E-state index in [1.54, 1.807) is 18.2 Å². The smallest absolute Gasteiger partial charge is 0.322 e. The summed E-state index contributed by atoms with van der Waals surface area (Å²) in [5, 5.41) is 15.5. The predicted octanol–water partition coefficient (Wildman–Crippen LogP) is 3.64. The SMILES string of the molecule is O=C(O)CNC(=NCc1ccccc1)Nc1cc(Cl)cc(Cl)c1. The number of benzene rings is 2. The summed E-state index contributed by atoms with van der Waals surface area (Å²) in [6.45, 7) is 0.152. The van der Waals surface area contributed by atoms with Gasteiger partial charge in [0.1, 0.15) is 6.54 Å². The van der Waals surface area contributed by atoms with Crippen molar-refractivity contribution in [3.05, 3.63) is 64.1 Å². The van der Waals surface area contributed by atoms with Gasteiger partial charge < -0.3 is 15.7 Å². The second-order valence-electron chi connectivity index (χ2n) is 4.68. The van der Waals surface area contributed by atoms with Crippen LogP contribution >= 0.6 is 23.2 Å². The number of nitrogens with zero attached hydrogens (tertiary/aromatic N) is 1. The standard InChI is InChI=1S/C16H15Cl2N3O2/c17-12-6-13(18)8-14(7-12)21-16(20-10-15(22)23)19-9-11-4-2-1-3-5-11/h1-8H,9-10H2,(H,22,23)(H2,19,20,21). The predicted molar refractivity (Wildman–Crippen MR) is 93.3 cm³/mol. The Labute approximate surface area is 144 Å². The average molecular weight is 352 g/mol. The number of carboxylic acid groups (broad SMARTS) is 1. The second kappa shape index (κ2) is 8.41.